The van der Waals surface area contributed by atoms with E-state index in [1.165, 1.54) is 17.1 Å². The Labute approximate surface area is 583 Å². The van der Waals surface area contributed by atoms with Crippen molar-refractivity contribution in [2.45, 2.75) is 47.7 Å². The molecule has 19 rings (SSSR count). The molecule has 22 nitrogen and oxygen atoms in total. The average Bonchev–Trinajstić information content (AvgIpc) is 1.59. The molecule has 12 aromatic heterocycles. The molecule has 0 radical (unpaired) electrons. The zero-order chi connectivity index (χ0) is 69.6. The fourth-order valence-electron chi connectivity index (χ4n) is 14.4. The van der Waals surface area contributed by atoms with E-state index in [1.807, 2.05) is 133 Å². The van der Waals surface area contributed by atoms with Gasteiger partial charge in [0, 0.05) is 139 Å². The van der Waals surface area contributed by atoms with Gasteiger partial charge in [0.1, 0.15) is 17.5 Å². The number of benzene rings is 2. The number of aryl methyl sites for hydroxylation is 6. The number of imidazole rings is 1. The Kier molecular flexibility index (Phi) is 16.0. The van der Waals surface area contributed by atoms with E-state index in [0.717, 1.165) is 104 Å². The first-order valence-electron chi connectivity index (χ1n) is 33.8. The second kappa shape index (κ2) is 25.3. The molecule has 1 atom stereocenters. The minimum absolute atomic E-state index is 0.0250. The van der Waals surface area contributed by atoms with Gasteiger partial charge in [-0.05, 0) is 136 Å². The van der Waals surface area contributed by atoms with Crippen LogP contribution in [0.15, 0.2) is 182 Å². The highest BCUT2D eigenvalue weighted by Crippen LogP contribution is 2.42. The third-order valence-corrected chi connectivity index (χ3v) is 19.7. The summed E-state index contributed by atoms with van der Waals surface area (Å²) in [5, 5.41) is 8.66. The van der Waals surface area contributed by atoms with Gasteiger partial charge in [-0.3, -0.25) is 0 Å². The lowest BCUT2D eigenvalue weighted by atomic mass is 9.56. The van der Waals surface area contributed by atoms with E-state index >= 15 is 0 Å². The highest BCUT2D eigenvalue weighted by molar-refractivity contribution is 6.83. The number of aromatic nitrogens is 12. The molecule has 5 aliphatic rings. The summed E-state index contributed by atoms with van der Waals surface area (Å²) in [6.45, 7) is 12.6. The number of anilines is 3. The molecule has 0 saturated carbocycles. The van der Waals surface area contributed by atoms with Crippen molar-refractivity contribution in [3.05, 3.63) is 236 Å². The van der Waals surface area contributed by atoms with Gasteiger partial charge < -0.3 is 46.6 Å². The zero-order valence-corrected chi connectivity index (χ0v) is 58.8. The molecule has 0 amide bonds. The van der Waals surface area contributed by atoms with E-state index < -0.39 is 0 Å². The minimum Gasteiger partial charge on any atom is -0.436 e. The van der Waals surface area contributed by atoms with Gasteiger partial charge in [-0.15, -0.1) is 0 Å². The number of hydrogen-bond donors (Lipinski definition) is 0. The van der Waals surface area contributed by atoms with Crippen molar-refractivity contribution >= 4 is 144 Å². The van der Waals surface area contributed by atoms with Gasteiger partial charge in [0.25, 0.3) is 5.82 Å². The lowest BCUT2D eigenvalue weighted by Crippen LogP contribution is -2.64. The Bertz CT molecular complexity index is 5970. The van der Waals surface area contributed by atoms with Crippen LogP contribution in [0.3, 0.4) is 0 Å². The molecule has 498 valence electrons. The summed E-state index contributed by atoms with van der Waals surface area (Å²) in [7, 11) is 14.5. The molecule has 101 heavy (non-hydrogen) atoms. The van der Waals surface area contributed by atoms with Gasteiger partial charge in [0.2, 0.25) is 22.9 Å². The highest BCUT2D eigenvalue weighted by atomic mass is 16.3. The Balaban J connectivity index is 0.000000106. The monoisotopic (exact) mass is 1340 g/mol. The van der Waals surface area contributed by atoms with E-state index in [9.17, 15) is 0 Å². The standard InChI is InChI=1S/C23H21BN6O.C22H22BN4O.2C15H16BN4O/c1-15-9-10-18-19-13-24(28(3)14-20(19)31-23(18)27-15)30-16(2)29(17-7-5-4-6-8-17)21-22(30)26-12-11-25-21;1-15-10-11-18-19-12-23(25(3)13-20(19)28-22(18)24-15)21-14-27(16(2)26(21)4)17-8-6-5-7-9-17;2*1-11-5-6-12-13-9-16(20-8-4-7-19(20)3)18(2)10-14(13)21-15(12)17-11/h4-14,16H,1-3H3;5-14H,1-4H3;2*4-10H,1-3H3/q;3*+1/t16-;;;/m0.../s1. The molecule has 2 aromatic carbocycles. The van der Waals surface area contributed by atoms with E-state index in [1.54, 1.807) is 12.4 Å². The first kappa shape index (κ1) is 63.7. The maximum atomic E-state index is 6.04. The Morgan fingerprint density at radius 3 is 1.31 bits per heavy atom. The molecule has 0 unspecified atom stereocenters. The van der Waals surface area contributed by atoms with Crippen molar-refractivity contribution in [1.82, 2.24) is 63.1 Å². The van der Waals surface area contributed by atoms with Crippen molar-refractivity contribution in [3.63, 3.8) is 0 Å². The van der Waals surface area contributed by atoms with Crippen molar-refractivity contribution in [1.29, 1.82) is 0 Å². The first-order chi connectivity index (χ1) is 48.9. The van der Waals surface area contributed by atoms with Crippen LogP contribution in [0, 0.1) is 34.6 Å². The predicted molar refractivity (Wildman–Crippen MR) is 398 cm³/mol. The van der Waals surface area contributed by atoms with Crippen LogP contribution in [-0.2, 0) is 21.1 Å². The fraction of sp³-hybridized carbons (Fsp3) is 0.187. The molecule has 5 aliphatic heterocycles. The van der Waals surface area contributed by atoms with Crippen LogP contribution < -0.4 is 71.6 Å². The highest BCUT2D eigenvalue weighted by Gasteiger charge is 2.44. The molecule has 0 aliphatic carbocycles. The second-order valence-electron chi connectivity index (χ2n) is 26.5. The molecule has 0 N–H and O–H groups in total. The summed E-state index contributed by atoms with van der Waals surface area (Å²) in [5.41, 5.74) is 13.6. The summed E-state index contributed by atoms with van der Waals surface area (Å²) in [4.78, 5) is 40.6. The normalized spacial score (nSPS) is 14.9. The van der Waals surface area contributed by atoms with Crippen LogP contribution in [0.25, 0.3) is 98.8 Å². The summed E-state index contributed by atoms with van der Waals surface area (Å²) in [6.07, 6.45) is 22.2. The average molecular weight is 1340 g/mol. The van der Waals surface area contributed by atoms with E-state index in [0.29, 0.717) is 22.9 Å². The summed E-state index contributed by atoms with van der Waals surface area (Å²) in [5.74, 6) is 11.9. The fourth-order valence-corrected chi connectivity index (χ4v) is 14.4. The molecule has 0 saturated heterocycles. The van der Waals surface area contributed by atoms with Crippen molar-refractivity contribution < 1.29 is 31.4 Å². The van der Waals surface area contributed by atoms with Gasteiger partial charge in [-0.1, -0.05) is 48.3 Å². The molecule has 0 bridgehead atoms. The largest absolute Gasteiger partial charge is 0.669 e. The topological polar surface area (TPSA) is 176 Å². The lowest BCUT2D eigenvalue weighted by Gasteiger charge is -2.36. The Morgan fingerprint density at radius 2 is 0.851 bits per heavy atom. The molecule has 17 heterocycles. The summed E-state index contributed by atoms with van der Waals surface area (Å²) < 4.78 is 36.8. The molecule has 0 spiro atoms. The van der Waals surface area contributed by atoms with Crippen LogP contribution in [0.5, 0.6) is 0 Å². The third kappa shape index (κ3) is 11.4. The Hall–Kier alpha value is -12.1. The Morgan fingerprint density at radius 1 is 0.436 bits per heavy atom. The first-order valence-corrected chi connectivity index (χ1v) is 33.8. The third-order valence-electron chi connectivity index (χ3n) is 19.7. The minimum atomic E-state index is -0.0474. The van der Waals surface area contributed by atoms with Crippen LogP contribution in [-0.4, -0.2) is 125 Å². The van der Waals surface area contributed by atoms with Gasteiger partial charge in [-0.25, -0.2) is 39.0 Å². The lowest BCUT2D eigenvalue weighted by molar-refractivity contribution is -0.632. The second-order valence-corrected chi connectivity index (χ2v) is 26.5. The quantitative estimate of drug-likeness (QED) is 0.175. The van der Waals surface area contributed by atoms with Crippen molar-refractivity contribution in [2.75, 3.05) is 37.9 Å². The van der Waals surface area contributed by atoms with E-state index in [-0.39, 0.29) is 34.0 Å². The number of pyridine rings is 4. The maximum Gasteiger partial charge on any atom is 0.669 e. The number of nitrogens with zero attached hydrogens (tertiary/aromatic N) is 18. The zero-order valence-electron chi connectivity index (χ0n) is 58.8. The van der Waals surface area contributed by atoms with Gasteiger partial charge in [-0.2, -0.15) is 18.5 Å². The summed E-state index contributed by atoms with van der Waals surface area (Å²) >= 11 is 0. The molecule has 0 fully saturated rings. The number of fused-ring (bicyclic) bond motifs is 13. The number of hydrogen-bond acceptors (Lipinski definition) is 16. The van der Waals surface area contributed by atoms with Crippen LogP contribution in [0.1, 0.15) is 35.5 Å². The maximum absolute atomic E-state index is 6.04. The van der Waals surface area contributed by atoms with Crippen molar-refractivity contribution in [2.24, 2.45) is 21.1 Å². The van der Waals surface area contributed by atoms with Crippen molar-refractivity contribution in [3.8, 4) is 5.69 Å². The van der Waals surface area contributed by atoms with Crippen LogP contribution in [0.2, 0.25) is 0 Å². The number of rotatable bonds is 6. The molecular formula is C75H75B4N18O4+3. The van der Waals surface area contributed by atoms with Crippen LogP contribution >= 0.6 is 0 Å². The van der Waals surface area contributed by atoms with E-state index in [2.05, 4.69) is 240 Å². The molecule has 14 aromatic rings. The predicted octanol–water partition coefficient (Wildman–Crippen LogP) is 2.99. The smallest absolute Gasteiger partial charge is 0.436 e. The SMILES string of the molecule is Cc1ccc2c3c(oc2n1)=CN(C)B(N1c2nccnc2N(c2ccccc2)[C@@H]1C)C=3.Cc1ccc2c3c(oc2n1)=CN(C)B([n+]1cccn1C)C=3.Cc1ccc2c3c(oc2n1)=CN(C)B([n+]1cccn1C)C=3.Cc1ccc2c3c(oc2n1)=CN(C)B(c1c[n+](-c2ccccc2)c(C)n1C)C=3. The van der Waals surface area contributed by atoms with Gasteiger partial charge in [0.15, 0.2) is 45.7 Å². The number of para-hydroxylation sites is 2. The van der Waals surface area contributed by atoms with E-state index in [4.69, 9.17) is 22.7 Å². The van der Waals surface area contributed by atoms with Gasteiger partial charge in [0.05, 0.1) is 39.7 Å². The summed E-state index contributed by atoms with van der Waals surface area (Å²) in [6, 6.07) is 41.3. The van der Waals surface area contributed by atoms with Crippen LogP contribution in [0.4, 0.5) is 17.3 Å². The molecular weight excluding hydrogens is 1260 g/mol. The molecule has 26 heteroatoms. The van der Waals surface area contributed by atoms with Gasteiger partial charge >= 0.3 is 27.8 Å². The number of furan rings is 4.